The predicted octanol–water partition coefficient (Wildman–Crippen LogP) is 1.68. The number of carbonyl (C=O) groups excluding carboxylic acids is 3. The first-order valence-electron chi connectivity index (χ1n) is 9.45. The average molecular weight is 380 g/mol. The summed E-state index contributed by atoms with van der Waals surface area (Å²) in [4.78, 5) is 41.7. The molecular weight excluding hydrogens is 356 g/mol. The Bertz CT molecular complexity index is 811. The number of hydrogen-bond donors (Lipinski definition) is 2. The highest BCUT2D eigenvalue weighted by molar-refractivity contribution is 6.04. The first-order valence-corrected chi connectivity index (χ1v) is 9.45. The van der Waals surface area contributed by atoms with E-state index in [1.54, 1.807) is 12.4 Å². The standard InChI is InChI=1S/C21H24N4O3/c26-19(23-14-10-17-8-12-22-13-9-17)7-6-18-20(27)25(21(28)24-18)15-11-16-4-2-1-3-5-16/h1-5,8-9,12-13,18H,6-7,10-11,14-15H2,(H,23,26)(H,24,28)/t18-/m0/s1. The van der Waals surface area contributed by atoms with Gasteiger partial charge in [0.1, 0.15) is 6.04 Å². The number of carbonyl (C=O) groups is 3. The summed E-state index contributed by atoms with van der Waals surface area (Å²) in [5.74, 6) is -0.385. The lowest BCUT2D eigenvalue weighted by atomic mass is 10.1. The number of nitrogens with zero attached hydrogens (tertiary/aromatic N) is 2. The summed E-state index contributed by atoms with van der Waals surface area (Å²) in [7, 11) is 0. The summed E-state index contributed by atoms with van der Waals surface area (Å²) in [5, 5.41) is 5.52. The van der Waals surface area contributed by atoms with Crippen LogP contribution in [0.1, 0.15) is 24.0 Å². The highest BCUT2D eigenvalue weighted by Gasteiger charge is 2.37. The van der Waals surface area contributed by atoms with Crippen molar-refractivity contribution < 1.29 is 14.4 Å². The molecule has 1 aromatic carbocycles. The van der Waals surface area contributed by atoms with Crippen molar-refractivity contribution in [3.63, 3.8) is 0 Å². The van der Waals surface area contributed by atoms with Crippen molar-refractivity contribution in [2.24, 2.45) is 0 Å². The van der Waals surface area contributed by atoms with E-state index in [1.165, 1.54) is 4.90 Å². The van der Waals surface area contributed by atoms with Crippen molar-refractivity contribution >= 4 is 17.8 Å². The average Bonchev–Trinajstić information content (AvgIpc) is 2.99. The molecule has 7 heteroatoms. The Balaban J connectivity index is 1.39. The molecule has 7 nitrogen and oxygen atoms in total. The summed E-state index contributed by atoms with van der Waals surface area (Å²) < 4.78 is 0. The van der Waals surface area contributed by atoms with Crippen molar-refractivity contribution in [3.05, 3.63) is 66.0 Å². The fraction of sp³-hybridized carbons (Fsp3) is 0.333. The lowest BCUT2D eigenvalue weighted by Gasteiger charge is -2.13. The van der Waals surface area contributed by atoms with E-state index in [2.05, 4.69) is 15.6 Å². The number of amides is 4. The van der Waals surface area contributed by atoms with E-state index >= 15 is 0 Å². The quantitative estimate of drug-likeness (QED) is 0.648. The minimum atomic E-state index is -0.630. The van der Waals surface area contributed by atoms with Crippen molar-refractivity contribution in [3.8, 4) is 0 Å². The molecule has 2 N–H and O–H groups in total. The fourth-order valence-electron chi connectivity index (χ4n) is 3.13. The maximum atomic E-state index is 12.5. The highest BCUT2D eigenvalue weighted by Crippen LogP contribution is 2.12. The number of pyridine rings is 1. The third kappa shape index (κ3) is 5.39. The van der Waals surface area contributed by atoms with Gasteiger partial charge in [-0.3, -0.25) is 19.5 Å². The number of rotatable bonds is 9. The van der Waals surface area contributed by atoms with Crippen LogP contribution in [0.2, 0.25) is 0 Å². The molecule has 1 saturated heterocycles. The molecule has 0 radical (unpaired) electrons. The van der Waals surface area contributed by atoms with Crippen LogP contribution in [0.3, 0.4) is 0 Å². The molecular formula is C21H24N4O3. The Hall–Kier alpha value is -3.22. The molecule has 2 heterocycles. The summed E-state index contributed by atoms with van der Waals surface area (Å²) in [6.07, 6.45) is 5.26. The SMILES string of the molecule is O=C(CC[C@@H]1NC(=O)N(CCc2ccccc2)C1=O)NCCc1ccncc1. The summed E-state index contributed by atoms with van der Waals surface area (Å²) >= 11 is 0. The van der Waals surface area contributed by atoms with Gasteiger partial charge in [-0.15, -0.1) is 0 Å². The van der Waals surface area contributed by atoms with Gasteiger partial charge in [-0.1, -0.05) is 30.3 Å². The van der Waals surface area contributed by atoms with Crippen LogP contribution in [0.4, 0.5) is 4.79 Å². The smallest absolute Gasteiger partial charge is 0.324 e. The normalized spacial score (nSPS) is 16.1. The number of hydrogen-bond acceptors (Lipinski definition) is 4. The van der Waals surface area contributed by atoms with E-state index in [0.29, 0.717) is 25.9 Å². The molecule has 1 aliphatic heterocycles. The van der Waals surface area contributed by atoms with Gasteiger partial charge in [-0.25, -0.2) is 4.79 Å². The molecule has 2 aromatic rings. The molecule has 1 aromatic heterocycles. The number of imide groups is 1. The zero-order valence-electron chi connectivity index (χ0n) is 15.6. The lowest BCUT2D eigenvalue weighted by molar-refractivity contribution is -0.127. The first-order chi connectivity index (χ1) is 13.6. The van der Waals surface area contributed by atoms with Gasteiger partial charge in [-0.2, -0.15) is 0 Å². The largest absolute Gasteiger partial charge is 0.356 e. The number of benzene rings is 1. The van der Waals surface area contributed by atoms with Crippen LogP contribution in [0.25, 0.3) is 0 Å². The maximum Gasteiger partial charge on any atom is 0.324 e. The fourth-order valence-corrected chi connectivity index (χ4v) is 3.13. The Kier molecular flexibility index (Phi) is 6.73. The Morgan fingerprint density at radius 2 is 1.75 bits per heavy atom. The Morgan fingerprint density at radius 1 is 1.04 bits per heavy atom. The second kappa shape index (κ2) is 9.64. The van der Waals surface area contributed by atoms with E-state index in [0.717, 1.165) is 17.5 Å². The Labute approximate surface area is 164 Å². The van der Waals surface area contributed by atoms with Crippen molar-refractivity contribution in [1.29, 1.82) is 0 Å². The second-order valence-corrected chi connectivity index (χ2v) is 6.72. The summed E-state index contributed by atoms with van der Waals surface area (Å²) in [6, 6.07) is 12.5. The van der Waals surface area contributed by atoms with Crippen LogP contribution >= 0.6 is 0 Å². The van der Waals surface area contributed by atoms with Gasteiger partial charge in [0.15, 0.2) is 0 Å². The van der Waals surface area contributed by atoms with Crippen molar-refractivity contribution in [1.82, 2.24) is 20.5 Å². The third-order valence-electron chi connectivity index (χ3n) is 4.72. The predicted molar refractivity (Wildman–Crippen MR) is 104 cm³/mol. The molecule has 3 rings (SSSR count). The molecule has 0 aliphatic carbocycles. The zero-order valence-corrected chi connectivity index (χ0v) is 15.6. The van der Waals surface area contributed by atoms with E-state index < -0.39 is 6.04 Å². The molecule has 146 valence electrons. The van der Waals surface area contributed by atoms with E-state index in [9.17, 15) is 14.4 Å². The monoisotopic (exact) mass is 380 g/mol. The molecule has 28 heavy (non-hydrogen) atoms. The molecule has 1 fully saturated rings. The van der Waals surface area contributed by atoms with Gasteiger partial charge in [-0.05, 0) is 42.5 Å². The molecule has 4 amide bonds. The van der Waals surface area contributed by atoms with Crippen molar-refractivity contribution in [2.45, 2.75) is 31.7 Å². The van der Waals surface area contributed by atoms with Gasteiger partial charge < -0.3 is 10.6 Å². The third-order valence-corrected chi connectivity index (χ3v) is 4.72. The number of nitrogens with one attached hydrogen (secondary N) is 2. The molecule has 1 atom stereocenters. The zero-order chi connectivity index (χ0) is 19.8. The molecule has 0 spiro atoms. The minimum Gasteiger partial charge on any atom is -0.356 e. The Morgan fingerprint density at radius 3 is 2.50 bits per heavy atom. The van der Waals surface area contributed by atoms with E-state index in [4.69, 9.17) is 0 Å². The van der Waals surface area contributed by atoms with E-state index in [1.807, 2.05) is 42.5 Å². The van der Waals surface area contributed by atoms with Crippen LogP contribution in [0.15, 0.2) is 54.9 Å². The number of urea groups is 1. The topological polar surface area (TPSA) is 91.4 Å². The van der Waals surface area contributed by atoms with Gasteiger partial charge in [0.25, 0.3) is 5.91 Å². The first kappa shape index (κ1) is 19.5. The molecule has 1 aliphatic rings. The summed E-state index contributed by atoms with van der Waals surface area (Å²) in [6.45, 7) is 0.861. The number of aromatic nitrogens is 1. The van der Waals surface area contributed by atoms with Crippen LogP contribution in [-0.4, -0.2) is 46.9 Å². The van der Waals surface area contributed by atoms with Gasteiger partial charge in [0.2, 0.25) is 5.91 Å². The molecule has 0 saturated carbocycles. The van der Waals surface area contributed by atoms with Gasteiger partial charge >= 0.3 is 6.03 Å². The lowest BCUT2D eigenvalue weighted by Crippen LogP contribution is -2.34. The van der Waals surface area contributed by atoms with E-state index in [-0.39, 0.29) is 24.3 Å². The highest BCUT2D eigenvalue weighted by atomic mass is 16.2. The van der Waals surface area contributed by atoms with Gasteiger partial charge in [0, 0.05) is 31.9 Å². The van der Waals surface area contributed by atoms with Crippen LogP contribution in [-0.2, 0) is 22.4 Å². The molecule has 0 unspecified atom stereocenters. The van der Waals surface area contributed by atoms with Crippen LogP contribution < -0.4 is 10.6 Å². The maximum absolute atomic E-state index is 12.5. The van der Waals surface area contributed by atoms with Crippen LogP contribution in [0.5, 0.6) is 0 Å². The van der Waals surface area contributed by atoms with Gasteiger partial charge in [0.05, 0.1) is 0 Å². The van der Waals surface area contributed by atoms with Crippen molar-refractivity contribution in [2.75, 3.05) is 13.1 Å². The second-order valence-electron chi connectivity index (χ2n) is 6.72. The molecule has 0 bridgehead atoms. The minimum absolute atomic E-state index is 0.126. The van der Waals surface area contributed by atoms with Crippen LogP contribution in [0, 0.1) is 0 Å². The summed E-state index contributed by atoms with van der Waals surface area (Å²) in [5.41, 5.74) is 2.17.